The molecular weight excluding hydrogens is 340 g/mol. The minimum absolute atomic E-state index is 0.130. The molecule has 1 aromatic heterocycles. The number of amides is 1. The van der Waals surface area contributed by atoms with Gasteiger partial charge in [-0.3, -0.25) is 9.78 Å². The van der Waals surface area contributed by atoms with Crippen LogP contribution in [0.1, 0.15) is 30.1 Å². The van der Waals surface area contributed by atoms with E-state index in [4.69, 9.17) is 9.47 Å². The molecule has 0 fully saturated rings. The van der Waals surface area contributed by atoms with Crippen molar-refractivity contribution in [2.45, 2.75) is 19.8 Å². The Kier molecular flexibility index (Phi) is 6.63. The number of pyridine rings is 1. The Bertz CT molecular complexity index is 873. The van der Waals surface area contributed by atoms with E-state index in [9.17, 15) is 4.79 Å². The molecule has 0 bridgehead atoms. The second kappa shape index (κ2) is 9.57. The van der Waals surface area contributed by atoms with Gasteiger partial charge in [-0.15, -0.1) is 0 Å². The van der Waals surface area contributed by atoms with E-state index in [0.717, 1.165) is 35.2 Å². The van der Waals surface area contributed by atoms with E-state index in [-0.39, 0.29) is 5.91 Å². The maximum absolute atomic E-state index is 12.2. The molecule has 27 heavy (non-hydrogen) atoms. The SMILES string of the molecule is CCCCOc1ccc(C(=O)NCCOc2cccc3cccnc23)cc1. The molecule has 1 N–H and O–H groups in total. The third-order valence-electron chi connectivity index (χ3n) is 4.12. The van der Waals surface area contributed by atoms with Crippen molar-refractivity contribution in [3.63, 3.8) is 0 Å². The molecule has 0 aliphatic rings. The zero-order valence-corrected chi connectivity index (χ0v) is 15.5. The fraction of sp³-hybridized carbons (Fsp3) is 0.273. The summed E-state index contributed by atoms with van der Waals surface area (Å²) in [5.41, 5.74) is 1.43. The lowest BCUT2D eigenvalue weighted by Gasteiger charge is -2.10. The molecule has 5 nitrogen and oxygen atoms in total. The van der Waals surface area contributed by atoms with Crippen LogP contribution in [0.25, 0.3) is 10.9 Å². The van der Waals surface area contributed by atoms with Crippen molar-refractivity contribution in [1.82, 2.24) is 10.3 Å². The maximum Gasteiger partial charge on any atom is 0.251 e. The third kappa shape index (κ3) is 5.20. The molecule has 0 aliphatic carbocycles. The Hall–Kier alpha value is -3.08. The fourth-order valence-electron chi connectivity index (χ4n) is 2.66. The van der Waals surface area contributed by atoms with Crippen molar-refractivity contribution >= 4 is 16.8 Å². The molecule has 0 aliphatic heterocycles. The number of aromatic nitrogens is 1. The van der Waals surface area contributed by atoms with Gasteiger partial charge in [-0.2, -0.15) is 0 Å². The summed E-state index contributed by atoms with van der Waals surface area (Å²) >= 11 is 0. The Balaban J connectivity index is 1.46. The molecule has 3 rings (SSSR count). The normalized spacial score (nSPS) is 10.6. The highest BCUT2D eigenvalue weighted by atomic mass is 16.5. The summed E-state index contributed by atoms with van der Waals surface area (Å²) in [5.74, 6) is 1.37. The number of hydrogen-bond donors (Lipinski definition) is 1. The number of unbranched alkanes of at least 4 members (excludes halogenated alkanes) is 1. The quantitative estimate of drug-likeness (QED) is 0.578. The van der Waals surface area contributed by atoms with E-state index in [1.54, 1.807) is 18.3 Å². The average molecular weight is 364 g/mol. The van der Waals surface area contributed by atoms with Crippen LogP contribution in [0.2, 0.25) is 0 Å². The van der Waals surface area contributed by atoms with Gasteiger partial charge in [0.1, 0.15) is 23.6 Å². The van der Waals surface area contributed by atoms with Crippen molar-refractivity contribution in [3.05, 3.63) is 66.4 Å². The molecule has 1 heterocycles. The standard InChI is InChI=1S/C22H24N2O3/c1-2-3-15-26-19-11-9-18(10-12-19)22(25)24-14-16-27-20-8-4-6-17-7-5-13-23-21(17)20/h4-13H,2-3,14-16H2,1H3,(H,24,25). The maximum atomic E-state index is 12.2. The van der Waals surface area contributed by atoms with Crippen LogP contribution < -0.4 is 14.8 Å². The summed E-state index contributed by atoms with van der Waals surface area (Å²) in [4.78, 5) is 16.6. The van der Waals surface area contributed by atoms with Crippen LogP contribution in [0.15, 0.2) is 60.8 Å². The Morgan fingerprint density at radius 1 is 1.00 bits per heavy atom. The largest absolute Gasteiger partial charge is 0.494 e. The number of rotatable bonds is 9. The van der Waals surface area contributed by atoms with Gasteiger partial charge in [0, 0.05) is 17.1 Å². The monoisotopic (exact) mass is 364 g/mol. The number of carbonyl (C=O) groups excluding carboxylic acids is 1. The highest BCUT2D eigenvalue weighted by molar-refractivity contribution is 5.94. The molecule has 3 aromatic rings. The smallest absolute Gasteiger partial charge is 0.251 e. The van der Waals surface area contributed by atoms with E-state index in [2.05, 4.69) is 17.2 Å². The predicted molar refractivity (Wildman–Crippen MR) is 106 cm³/mol. The molecule has 0 saturated heterocycles. The average Bonchev–Trinajstić information content (AvgIpc) is 2.72. The van der Waals surface area contributed by atoms with Gasteiger partial charge in [-0.25, -0.2) is 0 Å². The van der Waals surface area contributed by atoms with Crippen molar-refractivity contribution in [3.8, 4) is 11.5 Å². The molecule has 0 spiro atoms. The summed E-state index contributed by atoms with van der Waals surface area (Å²) in [6.07, 6.45) is 3.86. The number of carbonyl (C=O) groups is 1. The van der Waals surface area contributed by atoms with Crippen LogP contribution in [0.5, 0.6) is 11.5 Å². The Morgan fingerprint density at radius 2 is 1.81 bits per heavy atom. The van der Waals surface area contributed by atoms with Crippen LogP contribution in [-0.2, 0) is 0 Å². The number of nitrogens with one attached hydrogen (secondary N) is 1. The predicted octanol–water partition coefficient (Wildman–Crippen LogP) is 4.22. The first-order valence-corrected chi connectivity index (χ1v) is 9.25. The number of para-hydroxylation sites is 1. The van der Waals surface area contributed by atoms with Crippen LogP contribution >= 0.6 is 0 Å². The van der Waals surface area contributed by atoms with Gasteiger partial charge < -0.3 is 14.8 Å². The lowest BCUT2D eigenvalue weighted by Crippen LogP contribution is -2.28. The second-order valence-corrected chi connectivity index (χ2v) is 6.16. The van der Waals surface area contributed by atoms with Gasteiger partial charge in [-0.05, 0) is 42.8 Å². The van der Waals surface area contributed by atoms with Crippen molar-refractivity contribution in [1.29, 1.82) is 0 Å². The molecule has 0 saturated carbocycles. The van der Waals surface area contributed by atoms with Gasteiger partial charge >= 0.3 is 0 Å². The first-order chi connectivity index (χ1) is 13.3. The van der Waals surface area contributed by atoms with Crippen LogP contribution in [0.3, 0.4) is 0 Å². The number of hydrogen-bond acceptors (Lipinski definition) is 4. The van der Waals surface area contributed by atoms with Crippen molar-refractivity contribution < 1.29 is 14.3 Å². The molecule has 140 valence electrons. The molecule has 0 radical (unpaired) electrons. The van der Waals surface area contributed by atoms with Gasteiger partial charge in [0.2, 0.25) is 0 Å². The second-order valence-electron chi connectivity index (χ2n) is 6.16. The zero-order chi connectivity index (χ0) is 18.9. The molecule has 1 amide bonds. The number of fused-ring (bicyclic) bond motifs is 1. The first kappa shape index (κ1) is 18.7. The summed E-state index contributed by atoms with van der Waals surface area (Å²) in [6, 6.07) is 16.9. The summed E-state index contributed by atoms with van der Waals surface area (Å²) in [7, 11) is 0. The zero-order valence-electron chi connectivity index (χ0n) is 15.5. The van der Waals surface area contributed by atoms with E-state index in [1.807, 2.05) is 42.5 Å². The van der Waals surface area contributed by atoms with Crippen molar-refractivity contribution in [2.24, 2.45) is 0 Å². The van der Waals surface area contributed by atoms with Gasteiger partial charge in [0.15, 0.2) is 0 Å². The number of nitrogens with zero attached hydrogens (tertiary/aromatic N) is 1. The first-order valence-electron chi connectivity index (χ1n) is 9.25. The number of ether oxygens (including phenoxy) is 2. The van der Waals surface area contributed by atoms with E-state index in [0.29, 0.717) is 25.3 Å². The van der Waals surface area contributed by atoms with Gasteiger partial charge in [-0.1, -0.05) is 31.5 Å². The minimum Gasteiger partial charge on any atom is -0.494 e. The van der Waals surface area contributed by atoms with E-state index in [1.165, 1.54) is 0 Å². The fourth-order valence-corrected chi connectivity index (χ4v) is 2.66. The molecule has 2 aromatic carbocycles. The van der Waals surface area contributed by atoms with Gasteiger partial charge in [0.05, 0.1) is 13.2 Å². The van der Waals surface area contributed by atoms with Crippen molar-refractivity contribution in [2.75, 3.05) is 19.8 Å². The lowest BCUT2D eigenvalue weighted by molar-refractivity contribution is 0.0947. The van der Waals surface area contributed by atoms with Crippen LogP contribution in [0, 0.1) is 0 Å². The summed E-state index contributed by atoms with van der Waals surface area (Å²) in [5, 5.41) is 3.89. The summed E-state index contributed by atoms with van der Waals surface area (Å²) in [6.45, 7) is 3.61. The highest BCUT2D eigenvalue weighted by Crippen LogP contribution is 2.22. The molecule has 5 heteroatoms. The van der Waals surface area contributed by atoms with E-state index >= 15 is 0 Å². The third-order valence-corrected chi connectivity index (χ3v) is 4.12. The Morgan fingerprint density at radius 3 is 2.63 bits per heavy atom. The minimum atomic E-state index is -0.130. The summed E-state index contributed by atoms with van der Waals surface area (Å²) < 4.78 is 11.4. The highest BCUT2D eigenvalue weighted by Gasteiger charge is 2.06. The molecule has 0 unspecified atom stereocenters. The van der Waals surface area contributed by atoms with Crippen LogP contribution in [0.4, 0.5) is 0 Å². The van der Waals surface area contributed by atoms with Crippen LogP contribution in [-0.4, -0.2) is 30.6 Å². The molecule has 0 atom stereocenters. The number of benzene rings is 2. The lowest BCUT2D eigenvalue weighted by atomic mass is 10.2. The van der Waals surface area contributed by atoms with E-state index < -0.39 is 0 Å². The Labute approximate surface area is 159 Å². The topological polar surface area (TPSA) is 60.5 Å². The molecular formula is C22H24N2O3. The van der Waals surface area contributed by atoms with Gasteiger partial charge in [0.25, 0.3) is 5.91 Å².